The van der Waals surface area contributed by atoms with Crippen molar-refractivity contribution in [1.29, 1.82) is 0 Å². The molecule has 0 heterocycles. The molecule has 0 saturated heterocycles. The van der Waals surface area contributed by atoms with E-state index in [0.717, 1.165) is 15.2 Å². The fourth-order valence-electron chi connectivity index (χ4n) is 2.30. The molecular weight excluding hydrogens is 397 g/mol. The van der Waals surface area contributed by atoms with Gasteiger partial charge in [0.05, 0.1) is 0 Å². The van der Waals surface area contributed by atoms with Gasteiger partial charge in [-0.3, -0.25) is 0 Å². The third kappa shape index (κ3) is 2.76. The lowest BCUT2D eigenvalue weighted by atomic mass is 10.0. The zero-order valence-electron chi connectivity index (χ0n) is 11.3. The van der Waals surface area contributed by atoms with Gasteiger partial charge in [0.2, 0.25) is 0 Å². The van der Waals surface area contributed by atoms with Gasteiger partial charge in [0.25, 0.3) is 0 Å². The predicted octanol–water partition coefficient (Wildman–Crippen LogP) is 4.98. The van der Waals surface area contributed by atoms with E-state index in [0.29, 0.717) is 5.39 Å². The van der Waals surface area contributed by atoms with Crippen LogP contribution in [0.5, 0.6) is 5.75 Å². The molecule has 0 N–H and O–H groups in total. The number of fused-ring (bicyclic) bond motifs is 3. The smallest absolute Gasteiger partial charge is 0.375 e. The molecule has 0 unspecified atom stereocenters. The lowest BCUT2D eigenvalue weighted by Gasteiger charge is -2.12. The first-order valence-corrected chi connectivity index (χ1v) is 8.51. The molecule has 0 aliphatic carbocycles. The van der Waals surface area contributed by atoms with Crippen LogP contribution in [0.15, 0.2) is 53.0 Å². The maximum Gasteiger partial charge on any atom is 0.534 e. The van der Waals surface area contributed by atoms with Gasteiger partial charge in [-0.05, 0) is 34.4 Å². The van der Waals surface area contributed by atoms with Crippen LogP contribution in [0.4, 0.5) is 13.2 Å². The van der Waals surface area contributed by atoms with E-state index in [1.165, 1.54) is 18.2 Å². The topological polar surface area (TPSA) is 43.4 Å². The van der Waals surface area contributed by atoms with Gasteiger partial charge < -0.3 is 4.18 Å². The Balaban J connectivity index is 2.25. The molecule has 0 atom stereocenters. The van der Waals surface area contributed by atoms with E-state index in [1.807, 2.05) is 6.07 Å². The molecule has 3 aromatic rings. The summed E-state index contributed by atoms with van der Waals surface area (Å²) in [5.74, 6) is -0.360. The molecule has 0 spiro atoms. The second-order valence-corrected chi connectivity index (χ2v) is 7.13. The van der Waals surface area contributed by atoms with Crippen molar-refractivity contribution in [2.24, 2.45) is 0 Å². The van der Waals surface area contributed by atoms with Gasteiger partial charge in [0.15, 0.2) is 5.75 Å². The number of hydrogen-bond acceptors (Lipinski definition) is 3. The molecule has 0 saturated carbocycles. The summed E-state index contributed by atoms with van der Waals surface area (Å²) >= 11 is 3.40. The zero-order valence-corrected chi connectivity index (χ0v) is 13.7. The molecule has 0 fully saturated rings. The summed E-state index contributed by atoms with van der Waals surface area (Å²) in [6.45, 7) is 0. The van der Waals surface area contributed by atoms with E-state index in [9.17, 15) is 21.6 Å². The molecule has 0 aromatic heterocycles. The first-order chi connectivity index (χ1) is 10.7. The molecule has 0 aliphatic heterocycles. The molecule has 23 heavy (non-hydrogen) atoms. The van der Waals surface area contributed by atoms with Crippen LogP contribution in [0.1, 0.15) is 0 Å². The van der Waals surface area contributed by atoms with E-state index < -0.39 is 15.6 Å². The van der Waals surface area contributed by atoms with E-state index in [-0.39, 0.29) is 11.1 Å². The number of alkyl halides is 3. The minimum absolute atomic E-state index is 0.283. The maximum atomic E-state index is 12.5. The van der Waals surface area contributed by atoms with Gasteiger partial charge in [0.1, 0.15) is 0 Å². The monoisotopic (exact) mass is 404 g/mol. The molecule has 0 amide bonds. The Labute approximate surface area is 137 Å². The van der Waals surface area contributed by atoms with Gasteiger partial charge in [-0.25, -0.2) is 0 Å². The lowest BCUT2D eigenvalue weighted by molar-refractivity contribution is -0.0499. The Kier molecular flexibility index (Phi) is 3.76. The third-order valence-electron chi connectivity index (χ3n) is 3.31. The highest BCUT2D eigenvalue weighted by molar-refractivity contribution is 9.10. The number of benzene rings is 3. The number of hydrogen-bond donors (Lipinski definition) is 0. The van der Waals surface area contributed by atoms with Gasteiger partial charge in [-0.2, -0.15) is 21.6 Å². The predicted molar refractivity (Wildman–Crippen MR) is 84.8 cm³/mol. The quantitative estimate of drug-likeness (QED) is 0.343. The lowest BCUT2D eigenvalue weighted by Crippen LogP contribution is -2.28. The number of halogens is 4. The summed E-state index contributed by atoms with van der Waals surface area (Å²) in [6, 6.07) is 13.0. The van der Waals surface area contributed by atoms with Crippen LogP contribution >= 0.6 is 15.9 Å². The highest BCUT2D eigenvalue weighted by Gasteiger charge is 2.48. The summed E-state index contributed by atoms with van der Waals surface area (Å²) < 4.78 is 65.1. The summed E-state index contributed by atoms with van der Waals surface area (Å²) in [4.78, 5) is 0. The summed E-state index contributed by atoms with van der Waals surface area (Å²) in [5.41, 5.74) is -5.48. The van der Waals surface area contributed by atoms with E-state index in [2.05, 4.69) is 20.1 Å². The minimum atomic E-state index is -5.71. The van der Waals surface area contributed by atoms with Crippen molar-refractivity contribution in [1.82, 2.24) is 0 Å². The maximum absolute atomic E-state index is 12.5. The van der Waals surface area contributed by atoms with Gasteiger partial charge in [0, 0.05) is 9.86 Å². The molecule has 0 aliphatic rings. The van der Waals surface area contributed by atoms with Crippen LogP contribution in [0.3, 0.4) is 0 Å². The summed E-state index contributed by atoms with van der Waals surface area (Å²) in [5, 5.41) is 2.51. The van der Waals surface area contributed by atoms with E-state index >= 15 is 0 Å². The average molecular weight is 405 g/mol. The molecule has 3 aromatic carbocycles. The third-order valence-corrected chi connectivity index (χ3v) is 4.97. The standard InChI is InChI=1S/C15H8BrF3O3S/c16-13-5-1-3-9-10-4-2-6-14(12(10)8-7-11(9)13)22-23(20,21)15(17,18)19/h1-8H. The Morgan fingerprint density at radius 2 is 1.39 bits per heavy atom. The highest BCUT2D eigenvalue weighted by Crippen LogP contribution is 2.36. The van der Waals surface area contributed by atoms with Crippen LogP contribution in [0.2, 0.25) is 0 Å². The second-order valence-electron chi connectivity index (χ2n) is 4.73. The Hall–Kier alpha value is -1.80. The van der Waals surface area contributed by atoms with Gasteiger partial charge >= 0.3 is 15.6 Å². The van der Waals surface area contributed by atoms with Gasteiger partial charge in [-0.15, -0.1) is 0 Å². The zero-order chi connectivity index (χ0) is 16.8. The first kappa shape index (κ1) is 16.1. The molecule has 0 bridgehead atoms. The van der Waals surface area contributed by atoms with Gasteiger partial charge in [-0.1, -0.05) is 46.3 Å². The fraction of sp³-hybridized carbons (Fsp3) is 0.0667. The van der Waals surface area contributed by atoms with Crippen LogP contribution in [-0.2, 0) is 10.1 Å². The minimum Gasteiger partial charge on any atom is -0.375 e. The Morgan fingerprint density at radius 1 is 0.826 bits per heavy atom. The van der Waals surface area contributed by atoms with Crippen LogP contribution in [0.25, 0.3) is 21.5 Å². The Morgan fingerprint density at radius 3 is 2.04 bits per heavy atom. The SMILES string of the molecule is O=S(=O)(Oc1cccc2c1ccc1c(Br)cccc12)C(F)(F)F. The summed E-state index contributed by atoms with van der Waals surface area (Å²) in [6.07, 6.45) is 0. The Bertz CT molecular complexity index is 1010. The van der Waals surface area contributed by atoms with E-state index in [4.69, 9.17) is 0 Å². The first-order valence-electron chi connectivity index (χ1n) is 6.31. The molecular formula is C15H8BrF3O3S. The van der Waals surface area contributed by atoms with Crippen molar-refractivity contribution >= 4 is 47.6 Å². The molecule has 3 nitrogen and oxygen atoms in total. The highest BCUT2D eigenvalue weighted by atomic mass is 79.9. The largest absolute Gasteiger partial charge is 0.534 e. The van der Waals surface area contributed by atoms with Crippen LogP contribution < -0.4 is 4.18 Å². The molecule has 0 radical (unpaired) electrons. The van der Waals surface area contributed by atoms with Crippen molar-refractivity contribution in [2.75, 3.05) is 0 Å². The molecule has 3 rings (SSSR count). The van der Waals surface area contributed by atoms with Crippen LogP contribution in [-0.4, -0.2) is 13.9 Å². The molecule has 8 heteroatoms. The number of rotatable bonds is 2. The normalized spacial score (nSPS) is 12.7. The van der Waals surface area contributed by atoms with Crippen molar-refractivity contribution in [3.8, 4) is 5.75 Å². The van der Waals surface area contributed by atoms with Crippen LogP contribution in [0, 0.1) is 0 Å². The molecule has 120 valence electrons. The van der Waals surface area contributed by atoms with Crippen molar-refractivity contribution in [3.63, 3.8) is 0 Å². The second kappa shape index (κ2) is 5.38. The van der Waals surface area contributed by atoms with E-state index in [1.54, 1.807) is 24.3 Å². The summed E-state index contributed by atoms with van der Waals surface area (Å²) in [7, 11) is -5.71. The average Bonchev–Trinajstić information content (AvgIpc) is 2.46. The van der Waals surface area contributed by atoms with Crippen molar-refractivity contribution in [3.05, 3.63) is 53.0 Å². The fourth-order valence-corrected chi connectivity index (χ4v) is 3.27. The van der Waals surface area contributed by atoms with Crippen molar-refractivity contribution in [2.45, 2.75) is 5.51 Å². The van der Waals surface area contributed by atoms with Crippen molar-refractivity contribution < 1.29 is 25.8 Å².